The second-order valence-electron chi connectivity index (χ2n) is 6.09. The minimum absolute atomic E-state index is 0.0389. The van der Waals surface area contributed by atoms with Gasteiger partial charge in [-0.15, -0.1) is 11.3 Å². The summed E-state index contributed by atoms with van der Waals surface area (Å²) < 4.78 is 45.8. The van der Waals surface area contributed by atoms with Gasteiger partial charge in [0.15, 0.2) is 0 Å². The Morgan fingerprint density at radius 1 is 1.27 bits per heavy atom. The fraction of sp³-hybridized carbons (Fsp3) is 0.294. The molecule has 6 nitrogen and oxygen atoms in total. The van der Waals surface area contributed by atoms with Gasteiger partial charge in [0, 0.05) is 13.1 Å². The molecule has 1 aromatic carbocycles. The Kier molecular flexibility index (Phi) is 4.60. The molecule has 1 atom stereocenters. The Hall–Kier alpha value is -2.10. The van der Waals surface area contributed by atoms with Gasteiger partial charge in [0.1, 0.15) is 5.82 Å². The molecule has 0 bridgehead atoms. The van der Waals surface area contributed by atoms with Crippen LogP contribution in [0, 0.1) is 5.82 Å². The molecule has 0 amide bonds. The molecule has 0 aliphatic carbocycles. The fourth-order valence-electron chi connectivity index (χ4n) is 3.05. The van der Waals surface area contributed by atoms with Crippen molar-refractivity contribution >= 4 is 21.4 Å². The molecular formula is C17H16FN3O3S2. The van der Waals surface area contributed by atoms with Crippen LogP contribution in [-0.4, -0.2) is 36.0 Å². The standard InChI is InChI=1S/C17H16FN3O3S2/c18-13-5-1-6-14(10-13)26(22,23)21-8-2-4-12(11-21)17-19-16(20-24-17)15-7-3-9-25-15/h1,3,5-7,9-10,12H,2,4,8,11H2. The van der Waals surface area contributed by atoms with Crippen molar-refractivity contribution in [1.82, 2.24) is 14.4 Å². The van der Waals surface area contributed by atoms with E-state index in [9.17, 15) is 12.8 Å². The Labute approximate surface area is 154 Å². The van der Waals surface area contributed by atoms with Crippen LogP contribution in [0.2, 0.25) is 0 Å². The minimum atomic E-state index is -3.76. The molecule has 1 aliphatic rings. The van der Waals surface area contributed by atoms with Crippen LogP contribution in [0.3, 0.4) is 0 Å². The third-order valence-electron chi connectivity index (χ3n) is 4.35. The van der Waals surface area contributed by atoms with E-state index < -0.39 is 15.8 Å². The fourth-order valence-corrected chi connectivity index (χ4v) is 5.25. The molecule has 1 saturated heterocycles. The van der Waals surface area contributed by atoms with E-state index in [0.29, 0.717) is 24.7 Å². The van der Waals surface area contributed by atoms with Crippen molar-refractivity contribution in [2.75, 3.05) is 13.1 Å². The highest BCUT2D eigenvalue weighted by atomic mass is 32.2. The zero-order valence-corrected chi connectivity index (χ0v) is 15.3. The van der Waals surface area contributed by atoms with Crippen LogP contribution in [0.5, 0.6) is 0 Å². The highest BCUT2D eigenvalue weighted by Gasteiger charge is 2.33. The maximum Gasteiger partial charge on any atom is 0.243 e. The van der Waals surface area contributed by atoms with E-state index >= 15 is 0 Å². The first-order valence-electron chi connectivity index (χ1n) is 8.17. The van der Waals surface area contributed by atoms with E-state index in [1.165, 1.54) is 33.8 Å². The highest BCUT2D eigenvalue weighted by Crippen LogP contribution is 2.31. The summed E-state index contributed by atoms with van der Waals surface area (Å²) in [5, 5.41) is 5.93. The number of aromatic nitrogens is 2. The minimum Gasteiger partial charge on any atom is -0.339 e. The van der Waals surface area contributed by atoms with Gasteiger partial charge in [-0.3, -0.25) is 0 Å². The first kappa shape index (κ1) is 17.3. The quantitative estimate of drug-likeness (QED) is 0.678. The molecule has 1 aliphatic heterocycles. The second kappa shape index (κ2) is 6.90. The number of sulfonamides is 1. The molecule has 2 aromatic heterocycles. The summed E-state index contributed by atoms with van der Waals surface area (Å²) in [5.74, 6) is 0.207. The predicted octanol–water partition coefficient (Wildman–Crippen LogP) is 3.51. The smallest absolute Gasteiger partial charge is 0.243 e. The van der Waals surface area contributed by atoms with Crippen LogP contribution >= 0.6 is 11.3 Å². The van der Waals surface area contributed by atoms with Gasteiger partial charge in [0.25, 0.3) is 0 Å². The van der Waals surface area contributed by atoms with Crippen LogP contribution in [0.25, 0.3) is 10.7 Å². The highest BCUT2D eigenvalue weighted by molar-refractivity contribution is 7.89. The van der Waals surface area contributed by atoms with Crippen LogP contribution in [0.15, 0.2) is 51.2 Å². The Morgan fingerprint density at radius 2 is 2.15 bits per heavy atom. The number of rotatable bonds is 4. The lowest BCUT2D eigenvalue weighted by Gasteiger charge is -2.30. The molecule has 3 aromatic rings. The molecule has 9 heteroatoms. The molecule has 0 N–H and O–H groups in total. The Bertz CT molecular complexity index is 1000. The third-order valence-corrected chi connectivity index (χ3v) is 7.08. The molecule has 4 rings (SSSR count). The van der Waals surface area contributed by atoms with Gasteiger partial charge in [-0.1, -0.05) is 17.3 Å². The lowest BCUT2D eigenvalue weighted by molar-refractivity contribution is 0.265. The maximum absolute atomic E-state index is 13.4. The van der Waals surface area contributed by atoms with Crippen molar-refractivity contribution in [1.29, 1.82) is 0 Å². The van der Waals surface area contributed by atoms with E-state index in [1.54, 1.807) is 0 Å². The molecule has 0 spiro atoms. The van der Waals surface area contributed by atoms with Crippen LogP contribution in [0.1, 0.15) is 24.7 Å². The molecule has 26 heavy (non-hydrogen) atoms. The van der Waals surface area contributed by atoms with Gasteiger partial charge < -0.3 is 4.52 Å². The van der Waals surface area contributed by atoms with Gasteiger partial charge >= 0.3 is 0 Å². The van der Waals surface area contributed by atoms with Gasteiger partial charge in [-0.05, 0) is 42.5 Å². The van der Waals surface area contributed by atoms with Crippen LogP contribution < -0.4 is 0 Å². The number of thiophene rings is 1. The van der Waals surface area contributed by atoms with Gasteiger partial charge in [-0.25, -0.2) is 12.8 Å². The summed E-state index contributed by atoms with van der Waals surface area (Å²) in [6, 6.07) is 8.88. The maximum atomic E-state index is 13.4. The van der Waals surface area contributed by atoms with Crippen molar-refractivity contribution in [3.63, 3.8) is 0 Å². The second-order valence-corrected chi connectivity index (χ2v) is 8.98. The summed E-state index contributed by atoms with van der Waals surface area (Å²) in [5.41, 5.74) is 0. The number of nitrogens with zero attached hydrogens (tertiary/aromatic N) is 3. The lowest BCUT2D eigenvalue weighted by Crippen LogP contribution is -2.39. The summed E-state index contributed by atoms with van der Waals surface area (Å²) in [4.78, 5) is 5.29. The molecule has 1 fully saturated rings. The SMILES string of the molecule is O=S(=O)(c1cccc(F)c1)N1CCCC(c2nc(-c3cccs3)no2)C1. The van der Waals surface area contributed by atoms with E-state index in [0.717, 1.165) is 17.4 Å². The summed E-state index contributed by atoms with van der Waals surface area (Å²) in [6.07, 6.45) is 1.44. The summed E-state index contributed by atoms with van der Waals surface area (Å²) in [6.45, 7) is 0.631. The number of piperidine rings is 1. The Morgan fingerprint density at radius 3 is 2.92 bits per heavy atom. The summed E-state index contributed by atoms with van der Waals surface area (Å²) in [7, 11) is -3.76. The average Bonchev–Trinajstić information content (AvgIpc) is 3.33. The van der Waals surface area contributed by atoms with Crippen molar-refractivity contribution in [3.05, 3.63) is 53.5 Å². The van der Waals surface area contributed by atoms with E-state index in [2.05, 4.69) is 10.1 Å². The number of halogens is 1. The van der Waals surface area contributed by atoms with Crippen molar-refractivity contribution in [2.45, 2.75) is 23.7 Å². The molecule has 3 heterocycles. The van der Waals surface area contributed by atoms with Gasteiger partial charge in [-0.2, -0.15) is 9.29 Å². The third kappa shape index (κ3) is 3.29. The predicted molar refractivity (Wildman–Crippen MR) is 94.7 cm³/mol. The number of hydrogen-bond acceptors (Lipinski definition) is 6. The lowest BCUT2D eigenvalue weighted by atomic mass is 10.00. The van der Waals surface area contributed by atoms with E-state index in [1.807, 2.05) is 17.5 Å². The number of benzene rings is 1. The monoisotopic (exact) mass is 393 g/mol. The van der Waals surface area contributed by atoms with Crippen LogP contribution in [-0.2, 0) is 10.0 Å². The van der Waals surface area contributed by atoms with Crippen molar-refractivity contribution in [3.8, 4) is 10.7 Å². The van der Waals surface area contributed by atoms with Gasteiger partial charge in [0.05, 0.1) is 15.7 Å². The molecule has 136 valence electrons. The topological polar surface area (TPSA) is 76.3 Å². The zero-order chi connectivity index (χ0) is 18.1. The average molecular weight is 393 g/mol. The molecule has 0 radical (unpaired) electrons. The Balaban J connectivity index is 1.56. The van der Waals surface area contributed by atoms with Crippen LogP contribution in [0.4, 0.5) is 4.39 Å². The largest absolute Gasteiger partial charge is 0.339 e. The first-order valence-corrected chi connectivity index (χ1v) is 10.5. The van der Waals surface area contributed by atoms with E-state index in [-0.39, 0.29) is 17.4 Å². The van der Waals surface area contributed by atoms with Crippen molar-refractivity contribution < 1.29 is 17.3 Å². The molecule has 1 unspecified atom stereocenters. The zero-order valence-electron chi connectivity index (χ0n) is 13.7. The van der Waals surface area contributed by atoms with E-state index in [4.69, 9.17) is 4.52 Å². The molecule has 0 saturated carbocycles. The normalized spacial score (nSPS) is 18.9. The van der Waals surface area contributed by atoms with Crippen molar-refractivity contribution in [2.24, 2.45) is 0 Å². The summed E-state index contributed by atoms with van der Waals surface area (Å²) >= 11 is 1.51. The van der Waals surface area contributed by atoms with Gasteiger partial charge in [0.2, 0.25) is 21.7 Å². The molecular weight excluding hydrogens is 377 g/mol. The number of hydrogen-bond donors (Lipinski definition) is 0. The first-order chi connectivity index (χ1) is 12.5.